The molecule has 0 aromatic rings. The average molecular weight is 142 g/mol. The third-order valence-electron chi connectivity index (χ3n) is 0.612. The topological polar surface area (TPSA) is 71.6 Å². The van der Waals surface area contributed by atoms with Gasteiger partial charge in [0.15, 0.2) is 0 Å². The first-order chi connectivity index (χ1) is 2.94. The van der Waals surface area contributed by atoms with Gasteiger partial charge in [-0.2, -0.15) is 0 Å². The van der Waals surface area contributed by atoms with E-state index >= 15 is 0 Å². The maximum atomic E-state index is 9.91. The van der Waals surface area contributed by atoms with Gasteiger partial charge in [-0.3, -0.25) is 0 Å². The number of rotatable bonds is 0. The molecule has 0 radical (unpaired) electrons. The molecule has 50 valence electrons. The van der Waals surface area contributed by atoms with Crippen LogP contribution in [0.4, 0.5) is 0 Å². The second-order valence-corrected chi connectivity index (χ2v) is 2.54. The van der Waals surface area contributed by atoms with E-state index in [0.717, 1.165) is 0 Å². The Labute approximate surface area is 77.0 Å². The molecule has 0 fully saturated rings. The summed E-state index contributed by atoms with van der Waals surface area (Å²) in [7, 11) is 0. The fraction of sp³-hybridized carbons (Fsp3) is 0.800. The zero-order valence-corrected chi connectivity index (χ0v) is 8.32. The molecule has 0 aromatic carbocycles. The van der Waals surface area contributed by atoms with Gasteiger partial charge in [0.2, 0.25) is 0 Å². The van der Waals surface area contributed by atoms with Gasteiger partial charge in [-0.05, 0) is 0 Å². The smallest absolute Gasteiger partial charge is 0.550 e. The monoisotopic (exact) mass is 142 g/mol. The first-order valence-corrected chi connectivity index (χ1v) is 2.16. The van der Waals surface area contributed by atoms with E-state index in [1.54, 1.807) is 20.8 Å². The predicted molar refractivity (Wildman–Crippen MR) is 28.1 cm³/mol. The fourth-order valence-corrected chi connectivity index (χ4v) is 0. The zero-order chi connectivity index (χ0) is 6.08. The van der Waals surface area contributed by atoms with Crippen LogP contribution in [0.5, 0.6) is 0 Å². The van der Waals surface area contributed by atoms with Crippen molar-refractivity contribution in [3.8, 4) is 0 Å². The molecule has 0 aliphatic heterocycles. The first-order valence-electron chi connectivity index (χ1n) is 2.16. The molecule has 0 spiro atoms. The van der Waals surface area contributed by atoms with Gasteiger partial charge in [-0.15, -0.1) is 0 Å². The largest absolute Gasteiger partial charge is 1.00 e. The SMILES string of the molecule is CC(C)(C)C(=O)[O-].O.[Na+]. The Kier molecular flexibility index (Phi) is 9.43. The molecule has 0 aromatic heterocycles. The van der Waals surface area contributed by atoms with Crippen molar-refractivity contribution in [2.75, 3.05) is 0 Å². The summed E-state index contributed by atoms with van der Waals surface area (Å²) in [6.07, 6.45) is 0. The van der Waals surface area contributed by atoms with E-state index in [0.29, 0.717) is 0 Å². The molecule has 0 aliphatic carbocycles. The average Bonchev–Trinajstić information content (AvgIpc) is 1.31. The van der Waals surface area contributed by atoms with Crippen LogP contribution in [0.25, 0.3) is 0 Å². The van der Waals surface area contributed by atoms with Gasteiger partial charge >= 0.3 is 29.6 Å². The van der Waals surface area contributed by atoms with Crippen molar-refractivity contribution in [2.24, 2.45) is 5.41 Å². The Bertz CT molecular complexity index is 84.7. The van der Waals surface area contributed by atoms with Crippen molar-refractivity contribution in [2.45, 2.75) is 20.8 Å². The fourth-order valence-electron chi connectivity index (χ4n) is 0. The van der Waals surface area contributed by atoms with Crippen molar-refractivity contribution in [3.63, 3.8) is 0 Å². The molecule has 0 bridgehead atoms. The van der Waals surface area contributed by atoms with Gasteiger partial charge in [-0.1, -0.05) is 20.8 Å². The number of carbonyl (C=O) groups excluding carboxylic acids is 1. The number of carboxylic acid groups (broad SMARTS) is 1. The molecule has 2 N–H and O–H groups in total. The maximum Gasteiger partial charge on any atom is 1.00 e. The van der Waals surface area contributed by atoms with Crippen LogP contribution in [0.2, 0.25) is 0 Å². The van der Waals surface area contributed by atoms with Gasteiger partial charge in [0.25, 0.3) is 0 Å². The molecule has 0 aliphatic rings. The van der Waals surface area contributed by atoms with Crippen LogP contribution in [0.1, 0.15) is 20.8 Å². The molecule has 0 heterocycles. The Morgan fingerprint density at radius 1 is 1.33 bits per heavy atom. The third kappa shape index (κ3) is 8.43. The van der Waals surface area contributed by atoms with Crippen molar-refractivity contribution in [3.05, 3.63) is 0 Å². The molecule has 0 atom stereocenters. The van der Waals surface area contributed by atoms with E-state index in [1.807, 2.05) is 0 Å². The Morgan fingerprint density at radius 3 is 1.44 bits per heavy atom. The summed E-state index contributed by atoms with van der Waals surface area (Å²) < 4.78 is 0. The molecule has 0 saturated heterocycles. The molecule has 0 unspecified atom stereocenters. The van der Waals surface area contributed by atoms with Crippen LogP contribution in [-0.4, -0.2) is 11.4 Å². The van der Waals surface area contributed by atoms with Crippen LogP contribution in [0, 0.1) is 5.41 Å². The van der Waals surface area contributed by atoms with Gasteiger partial charge in [0, 0.05) is 11.4 Å². The minimum absolute atomic E-state index is 0. The van der Waals surface area contributed by atoms with Crippen LogP contribution in [0.15, 0.2) is 0 Å². The number of aliphatic carboxylic acids is 1. The standard InChI is InChI=1S/C5H10O2.Na.H2O/c1-5(2,3)4(6)7;;/h1-3H3,(H,6,7);;1H2/q;+1;/p-1. The number of carbonyl (C=O) groups is 1. The molecular formula is C5H11NaO3. The summed E-state index contributed by atoms with van der Waals surface area (Å²) in [5, 5.41) is 9.91. The van der Waals surface area contributed by atoms with Gasteiger partial charge in [-0.25, -0.2) is 0 Å². The maximum absolute atomic E-state index is 9.91. The van der Waals surface area contributed by atoms with Gasteiger partial charge in [0.1, 0.15) is 0 Å². The van der Waals surface area contributed by atoms with Gasteiger partial charge in [0.05, 0.1) is 0 Å². The summed E-state index contributed by atoms with van der Waals surface area (Å²) in [5.41, 5.74) is -0.694. The van der Waals surface area contributed by atoms with E-state index in [9.17, 15) is 9.90 Å². The van der Waals surface area contributed by atoms with E-state index in [-0.39, 0.29) is 35.0 Å². The zero-order valence-electron chi connectivity index (χ0n) is 6.32. The molecule has 9 heavy (non-hydrogen) atoms. The molecule has 0 amide bonds. The molecular weight excluding hydrogens is 131 g/mol. The Hall–Kier alpha value is 0.430. The molecule has 0 rings (SSSR count). The van der Waals surface area contributed by atoms with Gasteiger partial charge < -0.3 is 15.4 Å². The summed E-state index contributed by atoms with van der Waals surface area (Å²) in [4.78, 5) is 9.91. The normalized spacial score (nSPS) is 8.78. The molecule has 3 nitrogen and oxygen atoms in total. The van der Waals surface area contributed by atoms with Crippen LogP contribution >= 0.6 is 0 Å². The van der Waals surface area contributed by atoms with Crippen molar-refractivity contribution in [1.82, 2.24) is 0 Å². The first kappa shape index (κ1) is 16.2. The predicted octanol–water partition coefficient (Wildman–Crippen LogP) is -4.04. The summed E-state index contributed by atoms with van der Waals surface area (Å²) in [6, 6.07) is 0. The van der Waals surface area contributed by atoms with Crippen molar-refractivity contribution in [1.29, 1.82) is 0 Å². The molecule has 4 heteroatoms. The van der Waals surface area contributed by atoms with Crippen LogP contribution in [-0.2, 0) is 4.79 Å². The number of carboxylic acids is 1. The summed E-state index contributed by atoms with van der Waals surface area (Å²) >= 11 is 0. The summed E-state index contributed by atoms with van der Waals surface area (Å²) in [6.45, 7) is 4.80. The third-order valence-corrected chi connectivity index (χ3v) is 0.612. The minimum Gasteiger partial charge on any atom is -0.550 e. The van der Waals surface area contributed by atoms with Crippen LogP contribution in [0.3, 0.4) is 0 Å². The number of hydrogen-bond donors (Lipinski definition) is 0. The summed E-state index contributed by atoms with van der Waals surface area (Å²) in [5.74, 6) is -1.01. The van der Waals surface area contributed by atoms with E-state index in [2.05, 4.69) is 0 Å². The minimum atomic E-state index is -1.01. The quantitative estimate of drug-likeness (QED) is 0.323. The van der Waals surface area contributed by atoms with Crippen molar-refractivity contribution >= 4 is 5.97 Å². The Balaban J connectivity index is -0.000000180. The second-order valence-electron chi connectivity index (χ2n) is 2.54. The van der Waals surface area contributed by atoms with E-state index in [4.69, 9.17) is 0 Å². The molecule has 0 saturated carbocycles. The van der Waals surface area contributed by atoms with Crippen LogP contribution < -0.4 is 34.7 Å². The van der Waals surface area contributed by atoms with E-state index in [1.165, 1.54) is 0 Å². The second kappa shape index (κ2) is 5.23. The Morgan fingerprint density at radius 2 is 1.44 bits per heavy atom. The van der Waals surface area contributed by atoms with Crippen molar-refractivity contribution < 1.29 is 44.9 Å². The number of hydrogen-bond acceptors (Lipinski definition) is 2. The van der Waals surface area contributed by atoms with E-state index < -0.39 is 11.4 Å².